The maximum atomic E-state index is 12.7. The third-order valence-electron chi connectivity index (χ3n) is 2.31. The van der Waals surface area contributed by atoms with E-state index in [0.29, 0.717) is 15.9 Å². The number of halogens is 3. The van der Waals surface area contributed by atoms with Gasteiger partial charge in [0.1, 0.15) is 0 Å². The van der Waals surface area contributed by atoms with E-state index >= 15 is 0 Å². The van der Waals surface area contributed by atoms with Gasteiger partial charge in [-0.3, -0.25) is 4.79 Å². The van der Waals surface area contributed by atoms with E-state index in [1.54, 1.807) is 12.3 Å². The quantitative estimate of drug-likeness (QED) is 0.640. The minimum Gasteiger partial charge on any atom is -0.298 e. The van der Waals surface area contributed by atoms with Gasteiger partial charge in [0.25, 0.3) is 5.82 Å². The number of benzene rings is 1. The summed E-state index contributed by atoms with van der Waals surface area (Å²) in [6, 6.07) is 4.28. The van der Waals surface area contributed by atoms with Gasteiger partial charge >= 0.3 is 6.18 Å². The molecule has 0 unspecified atom stereocenters. The van der Waals surface area contributed by atoms with E-state index < -0.39 is 12.0 Å². The Morgan fingerprint density at radius 3 is 2.68 bits per heavy atom. The zero-order valence-electron chi connectivity index (χ0n) is 9.55. The normalized spacial score (nSPS) is 11.6. The van der Waals surface area contributed by atoms with Crippen molar-refractivity contribution in [2.75, 3.05) is 6.26 Å². The van der Waals surface area contributed by atoms with E-state index in [9.17, 15) is 18.0 Å². The van der Waals surface area contributed by atoms with Crippen molar-refractivity contribution in [2.45, 2.75) is 11.1 Å². The second-order valence-corrected chi connectivity index (χ2v) is 4.30. The zero-order valence-corrected chi connectivity index (χ0v) is 10.4. The first kappa shape index (κ1) is 13.5. The molecule has 19 heavy (non-hydrogen) atoms. The molecule has 0 atom stereocenters. The van der Waals surface area contributed by atoms with Crippen LogP contribution >= 0.6 is 11.8 Å². The molecule has 0 bridgehead atoms. The van der Waals surface area contributed by atoms with Gasteiger partial charge in [-0.2, -0.15) is 17.9 Å². The third-order valence-corrected chi connectivity index (χ3v) is 3.12. The van der Waals surface area contributed by atoms with Gasteiger partial charge in [-0.15, -0.1) is 16.9 Å². The number of carbonyl (C=O) groups is 1. The number of rotatable bonds is 3. The highest BCUT2D eigenvalue weighted by Crippen LogP contribution is 2.29. The summed E-state index contributed by atoms with van der Waals surface area (Å²) in [6.45, 7) is 0. The summed E-state index contributed by atoms with van der Waals surface area (Å²) in [7, 11) is 0. The maximum absolute atomic E-state index is 12.7. The van der Waals surface area contributed by atoms with E-state index in [1.165, 1.54) is 23.9 Å². The first-order valence-electron chi connectivity index (χ1n) is 4.96. The van der Waals surface area contributed by atoms with Gasteiger partial charge in [0.2, 0.25) is 0 Å². The number of hydrogen-bond acceptors (Lipinski definition) is 5. The van der Waals surface area contributed by atoms with Crippen LogP contribution in [0.4, 0.5) is 13.2 Å². The molecule has 100 valence electrons. The number of carbonyl (C=O) groups excluding carboxylic acids is 1. The van der Waals surface area contributed by atoms with E-state index in [2.05, 4.69) is 15.5 Å². The van der Waals surface area contributed by atoms with Crippen LogP contribution in [0.25, 0.3) is 5.69 Å². The molecule has 0 saturated heterocycles. The lowest BCUT2D eigenvalue weighted by molar-refractivity contribution is -0.146. The van der Waals surface area contributed by atoms with Crippen LogP contribution in [-0.2, 0) is 6.18 Å². The van der Waals surface area contributed by atoms with Crippen LogP contribution in [-0.4, -0.2) is 32.7 Å². The Hall–Kier alpha value is -1.90. The van der Waals surface area contributed by atoms with Gasteiger partial charge in [-0.05, 0) is 34.9 Å². The summed E-state index contributed by atoms with van der Waals surface area (Å²) in [6.07, 6.45) is -2.32. The molecule has 9 heteroatoms. The van der Waals surface area contributed by atoms with Crippen molar-refractivity contribution in [1.82, 2.24) is 20.2 Å². The first-order chi connectivity index (χ1) is 8.97. The minimum atomic E-state index is -4.66. The highest BCUT2D eigenvalue weighted by Gasteiger charge is 2.38. The van der Waals surface area contributed by atoms with Crippen molar-refractivity contribution in [3.05, 3.63) is 29.6 Å². The highest BCUT2D eigenvalue weighted by molar-refractivity contribution is 7.98. The summed E-state index contributed by atoms with van der Waals surface area (Å²) < 4.78 is 38.5. The van der Waals surface area contributed by atoms with Crippen molar-refractivity contribution in [3.8, 4) is 5.69 Å². The van der Waals surface area contributed by atoms with Crippen molar-refractivity contribution < 1.29 is 18.0 Å². The number of nitrogens with zero attached hydrogens (tertiary/aromatic N) is 4. The molecule has 5 nitrogen and oxygen atoms in total. The molecule has 0 radical (unpaired) electrons. The Kier molecular flexibility index (Phi) is 3.56. The summed E-state index contributed by atoms with van der Waals surface area (Å²) >= 11 is 1.32. The molecule has 0 aliphatic rings. The van der Waals surface area contributed by atoms with Gasteiger partial charge < -0.3 is 0 Å². The Bertz CT molecular complexity index is 611. The lowest BCUT2D eigenvalue weighted by Crippen LogP contribution is -2.14. The fourth-order valence-electron chi connectivity index (χ4n) is 1.48. The molecule has 0 saturated carbocycles. The molecule has 0 amide bonds. The van der Waals surface area contributed by atoms with Crippen molar-refractivity contribution in [3.63, 3.8) is 0 Å². The van der Waals surface area contributed by atoms with Crippen LogP contribution in [0.1, 0.15) is 16.2 Å². The Morgan fingerprint density at radius 1 is 1.37 bits per heavy atom. The second kappa shape index (κ2) is 5.00. The SMILES string of the molecule is CSc1ccc(-n2nnnc2C(F)(F)F)cc1C=O. The molecule has 1 heterocycles. The van der Waals surface area contributed by atoms with Gasteiger partial charge in [0.15, 0.2) is 6.29 Å². The summed E-state index contributed by atoms with van der Waals surface area (Å²) in [4.78, 5) is 11.6. The predicted molar refractivity (Wildman–Crippen MR) is 61.3 cm³/mol. The standard InChI is InChI=1S/C10H7F3N4OS/c1-19-8-3-2-7(4-6(8)5-18)17-9(10(11,12)13)14-15-16-17/h2-5H,1H3. The van der Waals surface area contributed by atoms with Crippen LogP contribution < -0.4 is 0 Å². The van der Waals surface area contributed by atoms with Gasteiger partial charge in [-0.25, -0.2) is 0 Å². The summed E-state index contributed by atoms with van der Waals surface area (Å²) in [5.74, 6) is -1.23. The molecule has 0 fully saturated rings. The van der Waals surface area contributed by atoms with Gasteiger partial charge in [0, 0.05) is 10.5 Å². The van der Waals surface area contributed by atoms with Crippen LogP contribution in [0.3, 0.4) is 0 Å². The van der Waals surface area contributed by atoms with Gasteiger partial charge in [-0.1, -0.05) is 0 Å². The fourth-order valence-corrected chi connectivity index (χ4v) is 2.03. The lowest BCUT2D eigenvalue weighted by Gasteiger charge is -2.09. The molecular weight excluding hydrogens is 281 g/mol. The van der Waals surface area contributed by atoms with Crippen molar-refractivity contribution in [2.24, 2.45) is 0 Å². The Morgan fingerprint density at radius 2 is 2.11 bits per heavy atom. The monoisotopic (exact) mass is 288 g/mol. The predicted octanol–water partition coefficient (Wildman–Crippen LogP) is 2.22. The molecule has 0 spiro atoms. The van der Waals surface area contributed by atoms with Crippen LogP contribution in [0.2, 0.25) is 0 Å². The number of thioether (sulfide) groups is 1. The number of alkyl halides is 3. The number of tetrazole rings is 1. The first-order valence-corrected chi connectivity index (χ1v) is 6.19. The molecular formula is C10H7F3N4OS. The van der Waals surface area contributed by atoms with Gasteiger partial charge in [0.05, 0.1) is 5.69 Å². The maximum Gasteiger partial charge on any atom is 0.453 e. The summed E-state index contributed by atoms with van der Waals surface area (Å²) in [5, 5.41) is 9.25. The zero-order chi connectivity index (χ0) is 14.0. The van der Waals surface area contributed by atoms with E-state index in [1.807, 2.05) is 0 Å². The Balaban J connectivity index is 2.54. The number of aromatic nitrogens is 4. The fraction of sp³-hybridized carbons (Fsp3) is 0.200. The lowest BCUT2D eigenvalue weighted by atomic mass is 10.2. The van der Waals surface area contributed by atoms with E-state index in [4.69, 9.17) is 0 Å². The van der Waals surface area contributed by atoms with Crippen molar-refractivity contribution >= 4 is 18.0 Å². The molecule has 0 N–H and O–H groups in total. The Labute approximate surface area is 109 Å². The molecule has 1 aromatic carbocycles. The molecule has 1 aromatic heterocycles. The minimum absolute atomic E-state index is 0.0808. The topological polar surface area (TPSA) is 60.7 Å². The summed E-state index contributed by atoms with van der Waals surface area (Å²) in [5.41, 5.74) is 0.367. The average molecular weight is 288 g/mol. The van der Waals surface area contributed by atoms with Crippen LogP contribution in [0, 0.1) is 0 Å². The number of hydrogen-bond donors (Lipinski definition) is 0. The van der Waals surface area contributed by atoms with E-state index in [-0.39, 0.29) is 11.3 Å². The molecule has 0 aliphatic heterocycles. The third kappa shape index (κ3) is 2.60. The smallest absolute Gasteiger partial charge is 0.298 e. The van der Waals surface area contributed by atoms with Crippen LogP contribution in [0.5, 0.6) is 0 Å². The second-order valence-electron chi connectivity index (χ2n) is 3.46. The highest BCUT2D eigenvalue weighted by atomic mass is 32.2. The molecule has 2 rings (SSSR count). The molecule has 2 aromatic rings. The van der Waals surface area contributed by atoms with Crippen molar-refractivity contribution in [1.29, 1.82) is 0 Å². The largest absolute Gasteiger partial charge is 0.453 e. The number of aldehydes is 1. The van der Waals surface area contributed by atoms with Crippen LogP contribution in [0.15, 0.2) is 23.1 Å². The average Bonchev–Trinajstić information content (AvgIpc) is 2.87. The van der Waals surface area contributed by atoms with E-state index in [0.717, 1.165) is 0 Å². The molecule has 0 aliphatic carbocycles.